The maximum absolute atomic E-state index is 11.6. The highest BCUT2D eigenvalue weighted by molar-refractivity contribution is 9.10. The van der Waals surface area contributed by atoms with Crippen LogP contribution in [0.5, 0.6) is 5.75 Å². The van der Waals surface area contributed by atoms with Crippen molar-refractivity contribution in [1.82, 2.24) is 5.32 Å². The second-order valence-electron chi connectivity index (χ2n) is 4.74. The van der Waals surface area contributed by atoms with E-state index in [4.69, 9.17) is 4.74 Å². The van der Waals surface area contributed by atoms with Gasteiger partial charge in [-0.2, -0.15) is 0 Å². The molecule has 0 radical (unpaired) electrons. The third-order valence-electron chi connectivity index (χ3n) is 2.65. The molecule has 0 atom stereocenters. The number of halogens is 1. The molecule has 0 fully saturated rings. The van der Waals surface area contributed by atoms with Gasteiger partial charge >= 0.3 is 0 Å². The average Bonchev–Trinajstić information content (AvgIpc) is 2.36. The third kappa shape index (κ3) is 5.96. The summed E-state index contributed by atoms with van der Waals surface area (Å²) in [5.41, 5.74) is 0.881. The Balaban J connectivity index is 2.36. The quantitative estimate of drug-likeness (QED) is 0.808. The fourth-order valence-corrected chi connectivity index (χ4v) is 2.06. The van der Waals surface area contributed by atoms with Crippen LogP contribution in [0.3, 0.4) is 0 Å². The average molecular weight is 329 g/mol. The van der Waals surface area contributed by atoms with Crippen molar-refractivity contribution in [1.29, 1.82) is 0 Å². The van der Waals surface area contributed by atoms with E-state index >= 15 is 0 Å². The number of nitrogens with one attached hydrogen (secondary N) is 2. The molecule has 1 rings (SSSR count). The first kappa shape index (κ1) is 15.8. The first-order chi connectivity index (χ1) is 9.02. The van der Waals surface area contributed by atoms with Gasteiger partial charge in [-0.05, 0) is 46.5 Å². The molecular weight excluding hydrogens is 308 g/mol. The monoisotopic (exact) mass is 328 g/mol. The summed E-state index contributed by atoms with van der Waals surface area (Å²) in [4.78, 5) is 11.6. The van der Waals surface area contributed by atoms with Gasteiger partial charge in [-0.25, -0.2) is 0 Å². The number of anilines is 1. The van der Waals surface area contributed by atoms with Crippen molar-refractivity contribution in [3.63, 3.8) is 0 Å². The van der Waals surface area contributed by atoms with Gasteiger partial charge in [0.1, 0.15) is 5.75 Å². The van der Waals surface area contributed by atoms with E-state index in [1.54, 1.807) is 7.11 Å². The number of rotatable bonds is 7. The Hall–Kier alpha value is -1.23. The summed E-state index contributed by atoms with van der Waals surface area (Å²) >= 11 is 3.41. The molecule has 1 amide bonds. The highest BCUT2D eigenvalue weighted by Crippen LogP contribution is 2.27. The lowest BCUT2D eigenvalue weighted by Crippen LogP contribution is -2.31. The van der Waals surface area contributed by atoms with Crippen molar-refractivity contribution in [2.75, 3.05) is 25.5 Å². The van der Waals surface area contributed by atoms with Crippen LogP contribution in [-0.4, -0.2) is 26.1 Å². The number of benzene rings is 1. The molecule has 19 heavy (non-hydrogen) atoms. The number of amides is 1. The Morgan fingerprint density at radius 3 is 2.74 bits per heavy atom. The van der Waals surface area contributed by atoms with E-state index in [0.717, 1.165) is 28.9 Å². The van der Waals surface area contributed by atoms with Crippen LogP contribution in [0, 0.1) is 5.92 Å². The molecule has 0 bridgehead atoms. The van der Waals surface area contributed by atoms with Gasteiger partial charge in [0.15, 0.2) is 0 Å². The van der Waals surface area contributed by atoms with Gasteiger partial charge in [-0.1, -0.05) is 13.8 Å². The number of carbonyl (C=O) groups excluding carboxylic acids is 1. The zero-order chi connectivity index (χ0) is 14.3. The van der Waals surface area contributed by atoms with Crippen LogP contribution >= 0.6 is 15.9 Å². The lowest BCUT2D eigenvalue weighted by atomic mass is 10.1. The normalized spacial score (nSPS) is 10.4. The Bertz CT molecular complexity index is 422. The summed E-state index contributed by atoms with van der Waals surface area (Å²) in [6.07, 6.45) is 1.000. The third-order valence-corrected chi connectivity index (χ3v) is 3.27. The van der Waals surface area contributed by atoms with Crippen molar-refractivity contribution in [2.24, 2.45) is 5.92 Å². The largest absolute Gasteiger partial charge is 0.496 e. The first-order valence-corrected chi connectivity index (χ1v) is 7.16. The molecule has 5 heteroatoms. The highest BCUT2D eigenvalue weighted by atomic mass is 79.9. The fourth-order valence-electron chi connectivity index (χ4n) is 1.52. The minimum atomic E-state index is 0.00703. The summed E-state index contributed by atoms with van der Waals surface area (Å²) in [6.45, 7) is 5.28. The lowest BCUT2D eigenvalue weighted by Gasteiger charge is -2.10. The predicted octanol–water partition coefficient (Wildman–Crippen LogP) is 3.03. The summed E-state index contributed by atoms with van der Waals surface area (Å²) in [5, 5.41) is 5.96. The molecule has 0 heterocycles. The molecule has 0 saturated carbocycles. The minimum absolute atomic E-state index is 0.00703. The second-order valence-corrected chi connectivity index (χ2v) is 5.59. The van der Waals surface area contributed by atoms with Crippen LogP contribution in [0.25, 0.3) is 0 Å². The Labute approximate surface area is 123 Å². The van der Waals surface area contributed by atoms with Gasteiger partial charge in [0, 0.05) is 12.2 Å². The summed E-state index contributed by atoms with van der Waals surface area (Å²) in [7, 11) is 1.62. The Morgan fingerprint density at radius 1 is 1.42 bits per heavy atom. The van der Waals surface area contributed by atoms with E-state index in [0.29, 0.717) is 5.92 Å². The molecule has 0 unspecified atom stereocenters. The molecule has 0 aliphatic carbocycles. The van der Waals surface area contributed by atoms with Crippen LogP contribution in [0.15, 0.2) is 22.7 Å². The molecule has 1 aromatic carbocycles. The number of hydrogen-bond acceptors (Lipinski definition) is 3. The SMILES string of the molecule is COc1ccc(NCC(=O)NCCC(C)C)cc1Br. The van der Waals surface area contributed by atoms with Gasteiger partial charge in [0.25, 0.3) is 0 Å². The van der Waals surface area contributed by atoms with Gasteiger partial charge in [0.05, 0.1) is 18.1 Å². The van der Waals surface area contributed by atoms with Crippen LogP contribution in [-0.2, 0) is 4.79 Å². The second kappa shape index (κ2) is 8.04. The van der Waals surface area contributed by atoms with Crippen molar-refractivity contribution in [3.05, 3.63) is 22.7 Å². The standard InChI is InChI=1S/C14H21BrN2O2/c1-10(2)6-7-16-14(18)9-17-11-4-5-13(19-3)12(15)8-11/h4-5,8,10,17H,6-7,9H2,1-3H3,(H,16,18). The molecule has 0 aromatic heterocycles. The van der Waals surface area contributed by atoms with Crippen LogP contribution in [0.4, 0.5) is 5.69 Å². The molecule has 2 N–H and O–H groups in total. The zero-order valence-corrected chi connectivity index (χ0v) is 13.2. The van der Waals surface area contributed by atoms with Gasteiger partial charge < -0.3 is 15.4 Å². The fraction of sp³-hybridized carbons (Fsp3) is 0.500. The molecule has 4 nitrogen and oxygen atoms in total. The predicted molar refractivity (Wildman–Crippen MR) is 81.6 cm³/mol. The van der Waals surface area contributed by atoms with E-state index < -0.39 is 0 Å². The highest BCUT2D eigenvalue weighted by Gasteiger charge is 2.04. The van der Waals surface area contributed by atoms with Crippen LogP contribution in [0.1, 0.15) is 20.3 Å². The number of carbonyl (C=O) groups is 1. The van der Waals surface area contributed by atoms with Gasteiger partial charge in [-0.15, -0.1) is 0 Å². The number of methoxy groups -OCH3 is 1. The van der Waals surface area contributed by atoms with E-state index in [9.17, 15) is 4.79 Å². The van der Waals surface area contributed by atoms with Crippen molar-refractivity contribution < 1.29 is 9.53 Å². The maximum Gasteiger partial charge on any atom is 0.239 e. The van der Waals surface area contributed by atoms with Gasteiger partial charge in [-0.3, -0.25) is 4.79 Å². The van der Waals surface area contributed by atoms with Crippen molar-refractivity contribution in [3.8, 4) is 5.75 Å². The number of hydrogen-bond donors (Lipinski definition) is 2. The molecule has 0 spiro atoms. The molecule has 0 aliphatic rings. The topological polar surface area (TPSA) is 50.4 Å². The molecule has 0 saturated heterocycles. The summed E-state index contributed by atoms with van der Waals surface area (Å²) in [5.74, 6) is 1.38. The van der Waals surface area contributed by atoms with Gasteiger partial charge in [0.2, 0.25) is 5.91 Å². The Kier molecular flexibility index (Phi) is 6.70. The Morgan fingerprint density at radius 2 is 2.16 bits per heavy atom. The smallest absolute Gasteiger partial charge is 0.239 e. The van der Waals surface area contributed by atoms with E-state index in [1.165, 1.54) is 0 Å². The van der Waals surface area contributed by atoms with E-state index in [2.05, 4.69) is 40.4 Å². The van der Waals surface area contributed by atoms with E-state index in [1.807, 2.05) is 18.2 Å². The lowest BCUT2D eigenvalue weighted by molar-refractivity contribution is -0.119. The summed E-state index contributed by atoms with van der Waals surface area (Å²) in [6, 6.07) is 5.62. The van der Waals surface area contributed by atoms with E-state index in [-0.39, 0.29) is 12.5 Å². The zero-order valence-electron chi connectivity index (χ0n) is 11.6. The molecule has 0 aliphatic heterocycles. The van der Waals surface area contributed by atoms with Crippen LogP contribution < -0.4 is 15.4 Å². The molecular formula is C14H21BrN2O2. The van der Waals surface area contributed by atoms with Crippen molar-refractivity contribution in [2.45, 2.75) is 20.3 Å². The maximum atomic E-state index is 11.6. The number of ether oxygens (including phenoxy) is 1. The van der Waals surface area contributed by atoms with Crippen molar-refractivity contribution >= 4 is 27.5 Å². The molecule has 1 aromatic rings. The summed E-state index contributed by atoms with van der Waals surface area (Å²) < 4.78 is 6.01. The van der Waals surface area contributed by atoms with Crippen LogP contribution in [0.2, 0.25) is 0 Å². The first-order valence-electron chi connectivity index (χ1n) is 6.37. The minimum Gasteiger partial charge on any atom is -0.496 e. The molecule has 106 valence electrons.